The van der Waals surface area contributed by atoms with Crippen molar-refractivity contribution in [2.24, 2.45) is 5.92 Å². The van der Waals surface area contributed by atoms with Gasteiger partial charge >= 0.3 is 51.1 Å². The molecule has 0 spiro atoms. The van der Waals surface area contributed by atoms with Gasteiger partial charge in [0.25, 0.3) is 0 Å². The van der Waals surface area contributed by atoms with Gasteiger partial charge in [0.2, 0.25) is 0 Å². The SMILES string of the molecule is CC1=C(C)C(C)C(C)=C1C.[Br][Ti]([Br])[Br]. The van der Waals surface area contributed by atoms with Gasteiger partial charge in [-0.05, 0) is 44.8 Å². The molecular weight excluding hydrogens is 408 g/mol. The van der Waals surface area contributed by atoms with Crippen LogP contribution in [-0.4, -0.2) is 0 Å². The molecule has 81 valence electrons. The van der Waals surface area contributed by atoms with Gasteiger partial charge in [-0.3, -0.25) is 0 Å². The second-order valence-corrected chi connectivity index (χ2v) is 27.2. The van der Waals surface area contributed by atoms with Crippen LogP contribution in [0.4, 0.5) is 0 Å². The van der Waals surface area contributed by atoms with Crippen LogP contribution in [0.15, 0.2) is 22.3 Å². The minimum atomic E-state index is -0.896. The summed E-state index contributed by atoms with van der Waals surface area (Å²) in [6.45, 7) is 11.2. The Morgan fingerprint density at radius 2 is 1.07 bits per heavy atom. The molecule has 0 saturated carbocycles. The molecule has 0 amide bonds. The minimum absolute atomic E-state index is 0.694. The standard InChI is InChI=1S/C10H16.3BrH.Ti/c1-6-7(2)9(4)10(5)8(6)3;;;;/h6H,1-5H3;3*1H;/q;;;;+3/p-3. The summed E-state index contributed by atoms with van der Waals surface area (Å²) in [4.78, 5) is 0. The third-order valence-electron chi connectivity index (χ3n) is 3.04. The monoisotopic (exact) mass is 421 g/mol. The van der Waals surface area contributed by atoms with Crippen LogP contribution in [-0.2, 0) is 11.6 Å². The number of hydrogen-bond acceptors (Lipinski definition) is 0. The molecule has 0 fully saturated rings. The van der Waals surface area contributed by atoms with Crippen LogP contribution in [0.5, 0.6) is 0 Å². The Hall–Kier alpha value is 1.63. The number of allylic oxidation sites excluding steroid dienone is 4. The predicted octanol–water partition coefficient (Wildman–Crippen LogP) is 5.84. The maximum atomic E-state index is 3.27. The molecule has 0 aliphatic heterocycles. The van der Waals surface area contributed by atoms with Crippen LogP contribution < -0.4 is 0 Å². The first-order valence-electron chi connectivity index (χ1n) is 4.47. The van der Waals surface area contributed by atoms with Crippen molar-refractivity contribution in [2.45, 2.75) is 34.6 Å². The Morgan fingerprint density at radius 1 is 0.857 bits per heavy atom. The molecule has 1 aliphatic carbocycles. The quantitative estimate of drug-likeness (QED) is 0.429. The number of rotatable bonds is 0. The molecule has 0 N–H and O–H groups in total. The van der Waals surface area contributed by atoms with E-state index in [1.807, 2.05) is 0 Å². The van der Waals surface area contributed by atoms with Crippen LogP contribution in [0.1, 0.15) is 34.6 Å². The van der Waals surface area contributed by atoms with Crippen LogP contribution in [0.2, 0.25) is 0 Å². The molecule has 0 nitrogen and oxygen atoms in total. The predicted molar refractivity (Wildman–Crippen MR) is 72.7 cm³/mol. The average molecular weight is 424 g/mol. The topological polar surface area (TPSA) is 0 Å². The first-order chi connectivity index (χ1) is 6.29. The van der Waals surface area contributed by atoms with Gasteiger partial charge < -0.3 is 0 Å². The first-order valence-corrected chi connectivity index (χ1v) is 16.1. The van der Waals surface area contributed by atoms with Gasteiger partial charge in [0, 0.05) is 0 Å². The number of halogens is 3. The van der Waals surface area contributed by atoms with E-state index in [1.54, 1.807) is 11.1 Å². The van der Waals surface area contributed by atoms with E-state index >= 15 is 0 Å². The third-order valence-corrected chi connectivity index (χ3v) is 3.04. The normalized spacial score (nSPS) is 17.1. The van der Waals surface area contributed by atoms with Crippen molar-refractivity contribution in [3.05, 3.63) is 22.3 Å². The zero-order valence-corrected chi connectivity index (χ0v) is 15.5. The molecule has 0 bridgehead atoms. The van der Waals surface area contributed by atoms with E-state index in [4.69, 9.17) is 0 Å². The van der Waals surface area contributed by atoms with Gasteiger partial charge in [0.15, 0.2) is 0 Å². The van der Waals surface area contributed by atoms with Gasteiger partial charge in [0.05, 0.1) is 0 Å². The fourth-order valence-electron chi connectivity index (χ4n) is 1.57. The first kappa shape index (κ1) is 15.6. The zero-order chi connectivity index (χ0) is 11.5. The molecule has 0 unspecified atom stereocenters. The van der Waals surface area contributed by atoms with Crippen molar-refractivity contribution < 1.29 is 11.6 Å². The van der Waals surface area contributed by atoms with E-state index in [9.17, 15) is 0 Å². The van der Waals surface area contributed by atoms with Crippen molar-refractivity contribution in [1.82, 2.24) is 0 Å². The summed E-state index contributed by atoms with van der Waals surface area (Å²) in [5, 5.41) is 0. The average Bonchev–Trinajstić information content (AvgIpc) is 2.23. The second kappa shape index (κ2) is 7.06. The van der Waals surface area contributed by atoms with Gasteiger partial charge in [-0.15, -0.1) is 0 Å². The molecule has 0 aromatic carbocycles. The molecular formula is C10H16Br3Ti. The van der Waals surface area contributed by atoms with Crippen molar-refractivity contribution in [1.29, 1.82) is 0 Å². The van der Waals surface area contributed by atoms with Crippen LogP contribution in [0.3, 0.4) is 0 Å². The van der Waals surface area contributed by atoms with Crippen molar-refractivity contribution in [3.63, 3.8) is 0 Å². The molecule has 0 saturated heterocycles. The Kier molecular flexibility index (Phi) is 7.88. The van der Waals surface area contributed by atoms with Gasteiger partial charge in [-0.25, -0.2) is 0 Å². The molecule has 0 aromatic rings. The summed E-state index contributed by atoms with van der Waals surface area (Å²) < 4.78 is 0. The van der Waals surface area contributed by atoms with Gasteiger partial charge in [-0.1, -0.05) is 18.1 Å². The van der Waals surface area contributed by atoms with Crippen LogP contribution in [0.25, 0.3) is 0 Å². The van der Waals surface area contributed by atoms with E-state index in [0.717, 1.165) is 0 Å². The fraction of sp³-hybridized carbons (Fsp3) is 0.600. The summed E-state index contributed by atoms with van der Waals surface area (Å²) in [7, 11) is 0. The van der Waals surface area contributed by atoms with Crippen molar-refractivity contribution in [2.75, 3.05) is 0 Å². The summed E-state index contributed by atoms with van der Waals surface area (Å²) in [6, 6.07) is 0. The summed E-state index contributed by atoms with van der Waals surface area (Å²) in [5.41, 5.74) is 6.11. The number of hydrogen-bond donors (Lipinski definition) is 0. The zero-order valence-electron chi connectivity index (χ0n) is 9.21. The molecule has 0 aromatic heterocycles. The molecule has 1 rings (SSSR count). The summed E-state index contributed by atoms with van der Waals surface area (Å²) >= 11 is 8.92. The molecule has 0 heterocycles. The van der Waals surface area contributed by atoms with Crippen molar-refractivity contribution in [3.8, 4) is 0 Å². The summed E-state index contributed by atoms with van der Waals surface area (Å²) in [6.07, 6.45) is 0. The van der Waals surface area contributed by atoms with Crippen molar-refractivity contribution >= 4 is 39.5 Å². The Balaban J connectivity index is 0.000000364. The van der Waals surface area contributed by atoms with Crippen LogP contribution in [0, 0.1) is 5.92 Å². The van der Waals surface area contributed by atoms with Gasteiger partial charge in [0.1, 0.15) is 0 Å². The van der Waals surface area contributed by atoms with Crippen LogP contribution >= 0.6 is 39.5 Å². The molecule has 0 radical (unpaired) electrons. The van der Waals surface area contributed by atoms with E-state index in [1.165, 1.54) is 11.1 Å². The Bertz CT molecular complexity index is 240. The second-order valence-electron chi connectivity index (χ2n) is 3.55. The van der Waals surface area contributed by atoms with E-state index < -0.39 is 11.6 Å². The molecule has 14 heavy (non-hydrogen) atoms. The fourth-order valence-corrected chi connectivity index (χ4v) is 1.57. The van der Waals surface area contributed by atoms with Gasteiger partial charge in [-0.2, -0.15) is 0 Å². The third kappa shape index (κ3) is 4.65. The van der Waals surface area contributed by atoms with E-state index in [-0.39, 0.29) is 0 Å². The maximum absolute atomic E-state index is 3.27. The molecule has 1 aliphatic rings. The molecule has 0 atom stereocenters. The molecule has 4 heteroatoms. The van der Waals surface area contributed by atoms with E-state index in [0.29, 0.717) is 5.92 Å². The van der Waals surface area contributed by atoms with E-state index in [2.05, 4.69) is 74.1 Å². The Morgan fingerprint density at radius 3 is 1.14 bits per heavy atom. The summed E-state index contributed by atoms with van der Waals surface area (Å²) in [5.74, 6) is 0.694. The Labute approximate surface area is 113 Å².